The van der Waals surface area contributed by atoms with Crippen LogP contribution >= 0.6 is 46.4 Å². The van der Waals surface area contributed by atoms with Crippen LogP contribution in [0.2, 0.25) is 20.1 Å². The topological polar surface area (TPSA) is 251 Å². The number of sulfone groups is 2. The van der Waals surface area contributed by atoms with Crippen molar-refractivity contribution in [3.63, 3.8) is 0 Å². The fourth-order valence-electron chi connectivity index (χ4n) is 6.85. The van der Waals surface area contributed by atoms with Crippen LogP contribution in [0.4, 0.5) is 22.7 Å². The third kappa shape index (κ3) is 13.6. The minimum absolute atomic E-state index is 0.00855. The predicted molar refractivity (Wildman–Crippen MR) is 279 cm³/mol. The summed E-state index contributed by atoms with van der Waals surface area (Å²) < 4.78 is 56.8. The SMILES string of the molecule is CCC(C(=O)Nc1cc(O)c(NC(=O)c2ccc(C(=O)OC)cc2)cc1Cl)S(=O)(=O)c1cccc(C)c1.CCC(C(=O)Nc1cc(O)c(NC(=O)c2ccc(Cl)c(Cl)c2)cc1Cl)S(=O)(=O)c1cccc(C)c1. The summed E-state index contributed by atoms with van der Waals surface area (Å²) in [6, 6.07) is 27.2. The number of methoxy groups -OCH3 is 1. The molecule has 0 aliphatic heterocycles. The zero-order chi connectivity index (χ0) is 53.2. The summed E-state index contributed by atoms with van der Waals surface area (Å²) in [5, 5.41) is 28.4. The van der Waals surface area contributed by atoms with E-state index >= 15 is 0 Å². The molecule has 0 spiro atoms. The van der Waals surface area contributed by atoms with Crippen molar-refractivity contribution in [3.05, 3.63) is 163 Å². The maximum absolute atomic E-state index is 13.1. The van der Waals surface area contributed by atoms with Gasteiger partial charge in [-0.3, -0.25) is 19.2 Å². The Labute approximate surface area is 435 Å². The van der Waals surface area contributed by atoms with Gasteiger partial charge in [0.25, 0.3) is 11.8 Å². The predicted octanol–water partition coefficient (Wildman–Crippen LogP) is 10.7. The molecule has 0 radical (unpaired) electrons. The van der Waals surface area contributed by atoms with Crippen LogP contribution in [-0.2, 0) is 34.0 Å². The molecule has 0 saturated heterocycles. The van der Waals surface area contributed by atoms with Gasteiger partial charge in [0.2, 0.25) is 11.8 Å². The minimum atomic E-state index is -3.98. The Balaban J connectivity index is 0.000000268. The molecule has 2 unspecified atom stereocenters. The number of hydrogen-bond donors (Lipinski definition) is 6. The monoisotopic (exact) mass is 1100 g/mol. The van der Waals surface area contributed by atoms with Crippen molar-refractivity contribution in [3.8, 4) is 11.5 Å². The number of anilines is 4. The number of ether oxygens (including phenoxy) is 1. The Bertz CT molecular complexity index is 3300. The van der Waals surface area contributed by atoms with Crippen LogP contribution in [0.25, 0.3) is 0 Å². The highest BCUT2D eigenvalue weighted by atomic mass is 35.5. The van der Waals surface area contributed by atoms with Crippen molar-refractivity contribution in [1.29, 1.82) is 0 Å². The molecule has 0 aliphatic rings. The highest BCUT2D eigenvalue weighted by Crippen LogP contribution is 2.37. The molecule has 72 heavy (non-hydrogen) atoms. The van der Waals surface area contributed by atoms with Crippen molar-refractivity contribution in [1.82, 2.24) is 0 Å². The lowest BCUT2D eigenvalue weighted by molar-refractivity contribution is -0.116. The van der Waals surface area contributed by atoms with Gasteiger partial charge in [0, 0.05) is 23.3 Å². The first-order chi connectivity index (χ1) is 33.9. The van der Waals surface area contributed by atoms with E-state index in [0.29, 0.717) is 0 Å². The Kier molecular flexibility index (Phi) is 18.9. The summed E-state index contributed by atoms with van der Waals surface area (Å²) in [7, 11) is -6.71. The fraction of sp³-hybridized carbons (Fsp3) is 0.180. The number of aromatic hydroxyl groups is 2. The number of carbonyl (C=O) groups is 5. The van der Waals surface area contributed by atoms with Gasteiger partial charge in [-0.15, -0.1) is 0 Å². The van der Waals surface area contributed by atoms with Gasteiger partial charge in [0.1, 0.15) is 22.0 Å². The molecule has 6 N–H and O–H groups in total. The third-order valence-electron chi connectivity index (χ3n) is 10.6. The lowest BCUT2D eigenvalue weighted by atomic mass is 10.1. The number of amides is 4. The fourth-order valence-corrected chi connectivity index (χ4v) is 11.0. The Morgan fingerprint density at radius 3 is 1.29 bits per heavy atom. The van der Waals surface area contributed by atoms with Crippen LogP contribution in [0.15, 0.2) is 125 Å². The molecule has 6 aromatic carbocycles. The molecule has 4 amide bonds. The molecule has 0 aliphatic carbocycles. The van der Waals surface area contributed by atoms with Gasteiger partial charge in [-0.05, 0) is 117 Å². The maximum Gasteiger partial charge on any atom is 0.337 e. The Hall–Kier alpha value is -6.67. The lowest BCUT2D eigenvalue weighted by Crippen LogP contribution is -2.34. The standard InChI is InChI=1S/C26H25ClN2O7S.C24H21Cl3N2O5S/c1-4-23(37(34,35)18-7-5-6-15(2)12-18)25(32)28-20-14-22(30)21(13-19(20)27)29-24(31)16-8-10-17(11-9-16)26(33)36-3;1-3-22(35(33,34)15-6-4-5-13(2)9-15)24(32)28-19-12-21(30)20(11-18(19)27)29-23(31)14-7-8-16(25)17(26)10-14/h5-14,23,30H,4H2,1-3H3,(H,28,32)(H,29,31);4-12,22,30H,3H2,1-2H3,(H,28,32)(H,29,31). The molecule has 0 saturated carbocycles. The normalized spacial score (nSPS) is 12.0. The highest BCUT2D eigenvalue weighted by molar-refractivity contribution is 7.93. The van der Waals surface area contributed by atoms with Crippen molar-refractivity contribution in [2.24, 2.45) is 0 Å². The number of halogens is 4. The minimum Gasteiger partial charge on any atom is -0.506 e. The van der Waals surface area contributed by atoms with E-state index in [1.165, 1.54) is 86.0 Å². The van der Waals surface area contributed by atoms with Crippen molar-refractivity contribution < 1.29 is 55.8 Å². The molecule has 0 aromatic heterocycles. The van der Waals surface area contributed by atoms with Gasteiger partial charge in [0.05, 0.1) is 65.3 Å². The van der Waals surface area contributed by atoms with E-state index in [4.69, 9.17) is 46.4 Å². The second-order valence-electron chi connectivity index (χ2n) is 15.8. The largest absolute Gasteiger partial charge is 0.506 e. The molecule has 22 heteroatoms. The van der Waals surface area contributed by atoms with Crippen LogP contribution in [0.3, 0.4) is 0 Å². The molecular weight excluding hydrogens is 1050 g/mol. The molecule has 0 heterocycles. The summed E-state index contributed by atoms with van der Waals surface area (Å²) in [4.78, 5) is 62.5. The quantitative estimate of drug-likeness (QED) is 0.0415. The molecule has 16 nitrogen and oxygen atoms in total. The van der Waals surface area contributed by atoms with E-state index in [1.807, 2.05) is 0 Å². The average Bonchev–Trinajstić information content (AvgIpc) is 3.33. The Morgan fingerprint density at radius 1 is 0.500 bits per heavy atom. The summed E-state index contributed by atoms with van der Waals surface area (Å²) in [5.41, 5.74) is 2.04. The number of aryl methyl sites for hydroxylation is 2. The van der Waals surface area contributed by atoms with Crippen molar-refractivity contribution >= 4 is 118 Å². The molecule has 378 valence electrons. The van der Waals surface area contributed by atoms with E-state index < -0.39 is 71.3 Å². The third-order valence-corrected chi connectivity index (χ3v) is 16.4. The summed E-state index contributed by atoms with van der Waals surface area (Å²) in [5.74, 6) is -4.14. The second-order valence-corrected chi connectivity index (χ2v) is 21.7. The first-order valence-electron chi connectivity index (χ1n) is 21.5. The molecule has 0 fully saturated rings. The van der Waals surface area contributed by atoms with E-state index in [9.17, 15) is 51.0 Å². The second kappa shape index (κ2) is 24.2. The smallest absolute Gasteiger partial charge is 0.337 e. The first-order valence-corrected chi connectivity index (χ1v) is 26.1. The number of phenolic OH excluding ortho intramolecular Hbond substituents is 2. The Morgan fingerprint density at radius 2 is 0.903 bits per heavy atom. The van der Waals surface area contributed by atoms with Gasteiger partial charge in [-0.25, -0.2) is 21.6 Å². The van der Waals surface area contributed by atoms with Crippen LogP contribution < -0.4 is 21.3 Å². The summed E-state index contributed by atoms with van der Waals surface area (Å²) in [6.45, 7) is 6.66. The lowest BCUT2D eigenvalue weighted by Gasteiger charge is -2.18. The number of rotatable bonds is 15. The molecule has 2 atom stereocenters. The summed E-state index contributed by atoms with van der Waals surface area (Å²) in [6.07, 6.45) is 0.0259. The van der Waals surface area contributed by atoms with Crippen LogP contribution in [0.1, 0.15) is 68.9 Å². The van der Waals surface area contributed by atoms with Crippen molar-refractivity contribution in [2.45, 2.75) is 60.8 Å². The molecule has 6 rings (SSSR count). The molecular formula is C50H46Cl4N4O12S2. The zero-order valence-corrected chi connectivity index (χ0v) is 43.5. The van der Waals surface area contributed by atoms with E-state index in [1.54, 1.807) is 52.0 Å². The van der Waals surface area contributed by atoms with Crippen molar-refractivity contribution in [2.75, 3.05) is 28.4 Å². The number of carbonyl (C=O) groups excluding carboxylic acids is 5. The molecule has 0 bridgehead atoms. The van der Waals surface area contributed by atoms with Gasteiger partial charge in [0.15, 0.2) is 19.7 Å². The number of nitrogens with one attached hydrogen (secondary N) is 4. The van der Waals surface area contributed by atoms with Gasteiger partial charge < -0.3 is 36.2 Å². The summed E-state index contributed by atoms with van der Waals surface area (Å²) >= 11 is 24.3. The number of esters is 1. The van der Waals surface area contributed by atoms with E-state index in [2.05, 4.69) is 26.0 Å². The highest BCUT2D eigenvalue weighted by Gasteiger charge is 2.34. The van der Waals surface area contributed by atoms with Gasteiger partial charge in [-0.1, -0.05) is 84.5 Å². The number of phenols is 2. The zero-order valence-electron chi connectivity index (χ0n) is 38.8. The average molecular weight is 1100 g/mol. The van der Waals surface area contributed by atoms with Crippen LogP contribution in [0.5, 0.6) is 11.5 Å². The maximum atomic E-state index is 13.1. The van der Waals surface area contributed by atoms with Crippen LogP contribution in [-0.4, -0.2) is 74.3 Å². The molecule has 6 aromatic rings. The first kappa shape index (κ1) is 56.2. The number of hydrogen-bond acceptors (Lipinski definition) is 12. The number of benzene rings is 6. The van der Waals surface area contributed by atoms with Crippen LogP contribution in [0, 0.1) is 13.8 Å². The van der Waals surface area contributed by atoms with Gasteiger partial charge in [-0.2, -0.15) is 0 Å². The van der Waals surface area contributed by atoms with E-state index in [0.717, 1.165) is 23.3 Å². The van der Waals surface area contributed by atoms with E-state index in [-0.39, 0.29) is 82.2 Å². The van der Waals surface area contributed by atoms with Gasteiger partial charge >= 0.3 is 5.97 Å².